The predicted octanol–water partition coefficient (Wildman–Crippen LogP) is 3.53. The van der Waals surface area contributed by atoms with Crippen LogP contribution in [0, 0.1) is 6.92 Å². The first-order chi connectivity index (χ1) is 16.3. The van der Waals surface area contributed by atoms with Crippen molar-refractivity contribution in [3.63, 3.8) is 0 Å². The zero-order chi connectivity index (χ0) is 24.1. The molecule has 0 aliphatic rings. The van der Waals surface area contributed by atoms with Gasteiger partial charge in [0.2, 0.25) is 10.0 Å². The Hall–Kier alpha value is -3.75. The standard InChI is InChI=1S/C26H26N4O3S/c1-19-7-11-22(12-8-19)25-24(18-30(29-25)17-21-5-3-2-4-6-21)26(31)28-16-15-20-9-13-23(14-10-20)34(27,32)33/h2-14,18H,15-17H2,1H3,(H,28,31)(H2,27,32,33). The van der Waals surface area contributed by atoms with Gasteiger partial charge in [-0.2, -0.15) is 5.10 Å². The van der Waals surface area contributed by atoms with Gasteiger partial charge in [0.05, 0.1) is 17.0 Å². The molecule has 7 nitrogen and oxygen atoms in total. The molecule has 0 unspecified atom stereocenters. The van der Waals surface area contributed by atoms with Crippen LogP contribution in [-0.2, 0) is 23.0 Å². The van der Waals surface area contributed by atoms with Crippen molar-refractivity contribution in [2.45, 2.75) is 24.8 Å². The van der Waals surface area contributed by atoms with Gasteiger partial charge in [-0.25, -0.2) is 13.6 Å². The average Bonchev–Trinajstić information content (AvgIpc) is 3.24. The Balaban J connectivity index is 1.50. The third-order valence-electron chi connectivity index (χ3n) is 5.47. The number of aromatic nitrogens is 2. The number of benzene rings is 3. The fourth-order valence-electron chi connectivity index (χ4n) is 3.63. The molecule has 3 N–H and O–H groups in total. The molecule has 0 radical (unpaired) electrons. The summed E-state index contributed by atoms with van der Waals surface area (Å²) in [5, 5.41) is 12.8. The van der Waals surface area contributed by atoms with E-state index >= 15 is 0 Å². The lowest BCUT2D eigenvalue weighted by atomic mass is 10.1. The molecule has 0 fully saturated rings. The Labute approximate surface area is 199 Å². The molecule has 174 valence electrons. The molecule has 0 bridgehead atoms. The van der Waals surface area contributed by atoms with Gasteiger partial charge < -0.3 is 5.32 Å². The summed E-state index contributed by atoms with van der Waals surface area (Å²) in [5.74, 6) is -0.212. The van der Waals surface area contributed by atoms with Gasteiger partial charge in [0.15, 0.2) is 0 Å². The van der Waals surface area contributed by atoms with Crippen LogP contribution in [0.25, 0.3) is 11.3 Å². The topological polar surface area (TPSA) is 107 Å². The maximum atomic E-state index is 13.1. The summed E-state index contributed by atoms with van der Waals surface area (Å²) in [6.07, 6.45) is 2.33. The van der Waals surface area contributed by atoms with Crippen LogP contribution in [0.5, 0.6) is 0 Å². The highest BCUT2D eigenvalue weighted by Gasteiger charge is 2.18. The highest BCUT2D eigenvalue weighted by atomic mass is 32.2. The van der Waals surface area contributed by atoms with Crippen LogP contribution in [0.4, 0.5) is 0 Å². The lowest BCUT2D eigenvalue weighted by Crippen LogP contribution is -2.26. The van der Waals surface area contributed by atoms with E-state index in [9.17, 15) is 13.2 Å². The third-order valence-corrected chi connectivity index (χ3v) is 6.40. The molecule has 8 heteroatoms. The van der Waals surface area contributed by atoms with Crippen LogP contribution in [0.3, 0.4) is 0 Å². The van der Waals surface area contributed by atoms with Crippen molar-refractivity contribution >= 4 is 15.9 Å². The molecular weight excluding hydrogens is 448 g/mol. The number of hydrogen-bond acceptors (Lipinski definition) is 4. The van der Waals surface area contributed by atoms with Crippen molar-refractivity contribution < 1.29 is 13.2 Å². The largest absolute Gasteiger partial charge is 0.352 e. The first-order valence-electron chi connectivity index (χ1n) is 10.9. The first-order valence-corrected chi connectivity index (χ1v) is 12.4. The Bertz CT molecular complexity index is 1380. The van der Waals surface area contributed by atoms with Crippen molar-refractivity contribution in [2.75, 3.05) is 6.54 Å². The number of carbonyl (C=O) groups is 1. The fraction of sp³-hybridized carbons (Fsp3) is 0.154. The third kappa shape index (κ3) is 5.78. The fourth-order valence-corrected chi connectivity index (χ4v) is 4.14. The molecule has 34 heavy (non-hydrogen) atoms. The summed E-state index contributed by atoms with van der Waals surface area (Å²) in [4.78, 5) is 13.2. The molecule has 0 aliphatic carbocycles. The van der Waals surface area contributed by atoms with Crippen LogP contribution < -0.4 is 10.5 Å². The van der Waals surface area contributed by atoms with Crippen LogP contribution in [0.15, 0.2) is 90.0 Å². The van der Waals surface area contributed by atoms with Crippen LogP contribution >= 0.6 is 0 Å². The zero-order valence-electron chi connectivity index (χ0n) is 18.8. The smallest absolute Gasteiger partial charge is 0.255 e. The molecule has 4 rings (SSSR count). The number of nitrogens with two attached hydrogens (primary N) is 1. The number of hydrogen-bond donors (Lipinski definition) is 2. The summed E-state index contributed by atoms with van der Waals surface area (Å²) < 4.78 is 24.6. The molecule has 0 saturated heterocycles. The van der Waals surface area contributed by atoms with E-state index in [0.717, 1.165) is 22.3 Å². The highest BCUT2D eigenvalue weighted by Crippen LogP contribution is 2.23. The van der Waals surface area contributed by atoms with E-state index in [1.807, 2.05) is 61.5 Å². The van der Waals surface area contributed by atoms with E-state index < -0.39 is 10.0 Å². The number of amides is 1. The Morgan fingerprint density at radius 3 is 2.26 bits per heavy atom. The van der Waals surface area contributed by atoms with Crippen molar-refractivity contribution in [1.29, 1.82) is 0 Å². The molecule has 0 aliphatic heterocycles. The molecule has 1 heterocycles. The van der Waals surface area contributed by atoms with Crippen LogP contribution in [0.2, 0.25) is 0 Å². The van der Waals surface area contributed by atoms with Gasteiger partial charge in [-0.3, -0.25) is 9.48 Å². The monoisotopic (exact) mass is 474 g/mol. The second-order valence-corrected chi connectivity index (χ2v) is 9.70. The molecule has 3 aromatic carbocycles. The molecule has 1 amide bonds. The van der Waals surface area contributed by atoms with Gasteiger partial charge in [-0.15, -0.1) is 0 Å². The van der Waals surface area contributed by atoms with Crippen LogP contribution in [-0.4, -0.2) is 30.7 Å². The Morgan fingerprint density at radius 1 is 0.941 bits per heavy atom. The quantitative estimate of drug-likeness (QED) is 0.407. The van der Waals surface area contributed by atoms with E-state index in [1.54, 1.807) is 23.0 Å². The van der Waals surface area contributed by atoms with Crippen molar-refractivity contribution in [3.8, 4) is 11.3 Å². The molecular formula is C26H26N4O3S. The number of nitrogens with one attached hydrogen (secondary N) is 1. The van der Waals surface area contributed by atoms with E-state index in [2.05, 4.69) is 5.32 Å². The molecule has 0 spiro atoms. The van der Waals surface area contributed by atoms with Crippen LogP contribution in [0.1, 0.15) is 27.0 Å². The Morgan fingerprint density at radius 2 is 1.62 bits per heavy atom. The lowest BCUT2D eigenvalue weighted by molar-refractivity contribution is 0.0954. The van der Waals surface area contributed by atoms with Crippen molar-refractivity contribution in [3.05, 3.63) is 107 Å². The number of aryl methyl sites for hydroxylation is 1. The first kappa shape index (κ1) is 23.4. The summed E-state index contributed by atoms with van der Waals surface area (Å²) in [5.41, 5.74) is 5.13. The average molecular weight is 475 g/mol. The number of primary sulfonamides is 1. The van der Waals surface area contributed by atoms with Crippen molar-refractivity contribution in [1.82, 2.24) is 15.1 Å². The van der Waals surface area contributed by atoms with Gasteiger partial charge >= 0.3 is 0 Å². The predicted molar refractivity (Wildman–Crippen MR) is 132 cm³/mol. The summed E-state index contributed by atoms with van der Waals surface area (Å²) in [6, 6.07) is 24.2. The lowest BCUT2D eigenvalue weighted by Gasteiger charge is -2.07. The second kappa shape index (κ2) is 10.0. The molecule has 0 atom stereocenters. The normalized spacial score (nSPS) is 11.4. The van der Waals surface area contributed by atoms with Gasteiger partial charge in [0.1, 0.15) is 5.69 Å². The maximum Gasteiger partial charge on any atom is 0.255 e. The number of sulfonamides is 1. The summed E-state index contributed by atoms with van der Waals surface area (Å²) >= 11 is 0. The van der Waals surface area contributed by atoms with Crippen molar-refractivity contribution in [2.24, 2.45) is 5.14 Å². The molecule has 4 aromatic rings. The summed E-state index contributed by atoms with van der Waals surface area (Å²) in [7, 11) is -3.72. The van der Waals surface area contributed by atoms with E-state index in [1.165, 1.54) is 12.1 Å². The van der Waals surface area contributed by atoms with E-state index in [4.69, 9.17) is 10.2 Å². The minimum atomic E-state index is -3.72. The second-order valence-electron chi connectivity index (χ2n) is 8.14. The van der Waals surface area contributed by atoms with Gasteiger partial charge in [0.25, 0.3) is 5.91 Å². The van der Waals surface area contributed by atoms with Gasteiger partial charge in [0, 0.05) is 18.3 Å². The Kier molecular flexibility index (Phi) is 6.90. The SMILES string of the molecule is Cc1ccc(-c2nn(Cc3ccccc3)cc2C(=O)NCCc2ccc(S(N)(=O)=O)cc2)cc1. The minimum absolute atomic E-state index is 0.0638. The van der Waals surface area contributed by atoms with Gasteiger partial charge in [-0.1, -0.05) is 72.3 Å². The highest BCUT2D eigenvalue weighted by molar-refractivity contribution is 7.89. The molecule has 1 aromatic heterocycles. The maximum absolute atomic E-state index is 13.1. The number of carbonyl (C=O) groups excluding carboxylic acids is 1. The zero-order valence-corrected chi connectivity index (χ0v) is 19.6. The van der Waals surface area contributed by atoms with Gasteiger partial charge in [-0.05, 0) is 36.6 Å². The van der Waals surface area contributed by atoms with E-state index in [0.29, 0.717) is 30.8 Å². The number of nitrogens with zero attached hydrogens (tertiary/aromatic N) is 2. The number of rotatable bonds is 8. The summed E-state index contributed by atoms with van der Waals surface area (Å²) in [6.45, 7) is 2.97. The minimum Gasteiger partial charge on any atom is -0.352 e. The molecule has 0 saturated carbocycles. The van der Waals surface area contributed by atoms with E-state index in [-0.39, 0.29) is 10.8 Å².